The van der Waals surface area contributed by atoms with E-state index in [9.17, 15) is 22.8 Å². The number of carbonyl (C=O) groups excluding carboxylic acids is 3. The molecular weight excluding hydrogens is 384 g/mol. The van der Waals surface area contributed by atoms with Crippen molar-refractivity contribution in [3.8, 4) is 5.75 Å². The molecule has 0 amide bonds. The number of hydrogen-bond acceptors (Lipinski definition) is 7. The summed E-state index contributed by atoms with van der Waals surface area (Å²) in [7, 11) is -3.40. The molecule has 0 heterocycles. The third-order valence-electron chi connectivity index (χ3n) is 3.83. The van der Waals surface area contributed by atoms with Crippen LogP contribution < -0.4 is 4.74 Å². The lowest BCUT2D eigenvalue weighted by atomic mass is 9.90. The number of Topliss-reactive ketones (excluding diaryl/α,β-unsaturated/α-hetero) is 1. The minimum atomic E-state index is -3.40. The standard InChI is InChI=1S/C20H20O7S/c1-4-26-20(23)18(14-5-9-16(10-6-14)27-13(2)21)19(22)15-7-11-17(12-8-15)28(3,24)25/h5-12,18H,4H2,1-3H3. The number of hydrogen-bond donors (Lipinski definition) is 0. The Balaban J connectivity index is 2.38. The Labute approximate surface area is 163 Å². The second kappa shape index (κ2) is 8.79. The highest BCUT2D eigenvalue weighted by Gasteiger charge is 2.31. The number of ketones is 1. The molecule has 0 fully saturated rings. The first-order valence-electron chi connectivity index (χ1n) is 8.42. The fourth-order valence-electron chi connectivity index (χ4n) is 2.55. The molecule has 2 rings (SSSR count). The van der Waals surface area contributed by atoms with Crippen LogP contribution >= 0.6 is 0 Å². The van der Waals surface area contributed by atoms with Gasteiger partial charge in [0.25, 0.3) is 0 Å². The van der Waals surface area contributed by atoms with Crippen LogP contribution in [0.2, 0.25) is 0 Å². The molecular formula is C20H20O7S. The third kappa shape index (κ3) is 5.26. The lowest BCUT2D eigenvalue weighted by molar-refractivity contribution is -0.143. The summed E-state index contributed by atoms with van der Waals surface area (Å²) < 4.78 is 33.1. The Morgan fingerprint density at radius 1 is 0.964 bits per heavy atom. The van der Waals surface area contributed by atoms with Gasteiger partial charge < -0.3 is 9.47 Å². The van der Waals surface area contributed by atoms with Gasteiger partial charge in [0.2, 0.25) is 0 Å². The third-order valence-corrected chi connectivity index (χ3v) is 4.95. The minimum Gasteiger partial charge on any atom is -0.465 e. The van der Waals surface area contributed by atoms with Crippen molar-refractivity contribution in [1.82, 2.24) is 0 Å². The van der Waals surface area contributed by atoms with E-state index in [4.69, 9.17) is 9.47 Å². The lowest BCUT2D eigenvalue weighted by Gasteiger charge is -2.16. The van der Waals surface area contributed by atoms with Gasteiger partial charge in [-0.25, -0.2) is 8.42 Å². The molecule has 0 radical (unpaired) electrons. The maximum Gasteiger partial charge on any atom is 0.321 e. The zero-order valence-electron chi connectivity index (χ0n) is 15.7. The summed E-state index contributed by atoms with van der Waals surface area (Å²) in [4.78, 5) is 36.5. The van der Waals surface area contributed by atoms with Crippen LogP contribution in [-0.4, -0.2) is 39.0 Å². The first kappa shape index (κ1) is 21.3. The van der Waals surface area contributed by atoms with Gasteiger partial charge >= 0.3 is 11.9 Å². The summed E-state index contributed by atoms with van der Waals surface area (Å²) in [5.41, 5.74) is 0.543. The molecule has 0 aliphatic carbocycles. The molecule has 0 spiro atoms. The molecule has 0 bridgehead atoms. The molecule has 7 nitrogen and oxygen atoms in total. The van der Waals surface area contributed by atoms with Crippen molar-refractivity contribution in [3.05, 3.63) is 59.7 Å². The summed E-state index contributed by atoms with van der Waals surface area (Å²) >= 11 is 0. The van der Waals surface area contributed by atoms with Crippen LogP contribution in [0.4, 0.5) is 0 Å². The number of esters is 2. The van der Waals surface area contributed by atoms with E-state index in [1.54, 1.807) is 6.92 Å². The van der Waals surface area contributed by atoms with Gasteiger partial charge in [-0.15, -0.1) is 0 Å². The van der Waals surface area contributed by atoms with E-state index in [1.165, 1.54) is 55.5 Å². The van der Waals surface area contributed by atoms with E-state index in [0.29, 0.717) is 5.56 Å². The smallest absolute Gasteiger partial charge is 0.321 e. The van der Waals surface area contributed by atoms with Crippen LogP contribution in [0.15, 0.2) is 53.4 Å². The summed E-state index contributed by atoms with van der Waals surface area (Å²) in [6.07, 6.45) is 1.07. The zero-order valence-corrected chi connectivity index (χ0v) is 16.5. The molecule has 28 heavy (non-hydrogen) atoms. The van der Waals surface area contributed by atoms with Gasteiger partial charge in [0.05, 0.1) is 11.5 Å². The molecule has 2 aromatic rings. The predicted molar refractivity (Wildman–Crippen MR) is 101 cm³/mol. The van der Waals surface area contributed by atoms with E-state index in [2.05, 4.69) is 0 Å². The summed E-state index contributed by atoms with van der Waals surface area (Å²) in [5, 5.41) is 0. The fourth-order valence-corrected chi connectivity index (χ4v) is 3.18. The number of rotatable bonds is 7. The topological polar surface area (TPSA) is 104 Å². The quantitative estimate of drug-likeness (QED) is 0.302. The van der Waals surface area contributed by atoms with E-state index >= 15 is 0 Å². The summed E-state index contributed by atoms with van der Waals surface area (Å²) in [5.74, 6) is -2.69. The van der Waals surface area contributed by atoms with Gasteiger partial charge in [0.15, 0.2) is 15.6 Å². The SMILES string of the molecule is CCOC(=O)C(C(=O)c1ccc(S(C)(=O)=O)cc1)c1ccc(OC(C)=O)cc1. The van der Waals surface area contributed by atoms with Crippen molar-refractivity contribution in [2.75, 3.05) is 12.9 Å². The average Bonchev–Trinajstić information content (AvgIpc) is 2.62. The van der Waals surface area contributed by atoms with Crippen LogP contribution in [0, 0.1) is 0 Å². The van der Waals surface area contributed by atoms with Gasteiger partial charge in [-0.2, -0.15) is 0 Å². The summed E-state index contributed by atoms with van der Waals surface area (Å²) in [6, 6.07) is 11.3. The van der Waals surface area contributed by atoms with Gasteiger partial charge in [0.1, 0.15) is 11.7 Å². The highest BCUT2D eigenvalue weighted by molar-refractivity contribution is 7.90. The Kier molecular flexibility index (Phi) is 6.69. The van der Waals surface area contributed by atoms with Gasteiger partial charge in [-0.3, -0.25) is 14.4 Å². The molecule has 2 aromatic carbocycles. The molecule has 1 atom stereocenters. The molecule has 8 heteroatoms. The first-order valence-corrected chi connectivity index (χ1v) is 10.3. The zero-order chi connectivity index (χ0) is 20.9. The van der Waals surface area contributed by atoms with Crippen molar-refractivity contribution in [2.45, 2.75) is 24.7 Å². The molecule has 0 N–H and O–H groups in total. The maximum absolute atomic E-state index is 12.9. The Morgan fingerprint density at radius 2 is 1.54 bits per heavy atom. The second-order valence-corrected chi connectivity index (χ2v) is 8.02. The second-order valence-electron chi connectivity index (χ2n) is 6.01. The van der Waals surface area contributed by atoms with Crippen LogP contribution in [0.25, 0.3) is 0 Å². The van der Waals surface area contributed by atoms with Crippen LogP contribution in [-0.2, 0) is 24.2 Å². The average molecular weight is 404 g/mol. The van der Waals surface area contributed by atoms with Gasteiger partial charge in [-0.1, -0.05) is 24.3 Å². The molecule has 1 unspecified atom stereocenters. The van der Waals surface area contributed by atoms with Crippen molar-refractivity contribution in [2.24, 2.45) is 0 Å². The summed E-state index contributed by atoms with van der Waals surface area (Å²) in [6.45, 7) is 2.99. The van der Waals surface area contributed by atoms with Crippen LogP contribution in [0.3, 0.4) is 0 Å². The van der Waals surface area contributed by atoms with Crippen molar-refractivity contribution in [3.63, 3.8) is 0 Å². The number of sulfone groups is 1. The van der Waals surface area contributed by atoms with E-state index in [1.807, 2.05) is 0 Å². The Bertz CT molecular complexity index is 974. The molecule has 0 aromatic heterocycles. The fraction of sp³-hybridized carbons (Fsp3) is 0.250. The number of carbonyl (C=O) groups is 3. The number of ether oxygens (including phenoxy) is 2. The highest BCUT2D eigenvalue weighted by Crippen LogP contribution is 2.26. The Morgan fingerprint density at radius 3 is 2.00 bits per heavy atom. The molecule has 0 saturated carbocycles. The largest absolute Gasteiger partial charge is 0.465 e. The first-order chi connectivity index (χ1) is 13.1. The normalized spacial score (nSPS) is 12.1. The van der Waals surface area contributed by atoms with E-state index in [0.717, 1.165) is 6.26 Å². The van der Waals surface area contributed by atoms with Crippen LogP contribution in [0.1, 0.15) is 35.7 Å². The van der Waals surface area contributed by atoms with E-state index < -0.39 is 33.5 Å². The highest BCUT2D eigenvalue weighted by atomic mass is 32.2. The Hall–Kier alpha value is -3.00. The molecule has 0 aliphatic rings. The predicted octanol–water partition coefficient (Wildman–Crippen LogP) is 2.55. The molecule has 0 aliphatic heterocycles. The van der Waals surface area contributed by atoms with Crippen molar-refractivity contribution >= 4 is 27.6 Å². The molecule has 148 valence electrons. The monoisotopic (exact) mass is 404 g/mol. The number of benzene rings is 2. The minimum absolute atomic E-state index is 0.0717. The van der Waals surface area contributed by atoms with Gasteiger partial charge in [0, 0.05) is 18.7 Å². The van der Waals surface area contributed by atoms with Crippen molar-refractivity contribution in [1.29, 1.82) is 0 Å². The van der Waals surface area contributed by atoms with E-state index in [-0.39, 0.29) is 22.8 Å². The van der Waals surface area contributed by atoms with Gasteiger partial charge in [-0.05, 0) is 36.8 Å². The van der Waals surface area contributed by atoms with Crippen molar-refractivity contribution < 1.29 is 32.3 Å². The maximum atomic E-state index is 12.9. The molecule has 0 saturated heterocycles. The van der Waals surface area contributed by atoms with Crippen LogP contribution in [0.5, 0.6) is 5.75 Å². The lowest BCUT2D eigenvalue weighted by Crippen LogP contribution is -2.24.